The van der Waals surface area contributed by atoms with Crippen molar-refractivity contribution in [1.82, 2.24) is 0 Å². The summed E-state index contributed by atoms with van der Waals surface area (Å²) in [4.78, 5) is 3.42. The van der Waals surface area contributed by atoms with E-state index >= 15 is 0 Å². The van der Waals surface area contributed by atoms with Gasteiger partial charge in [0, 0.05) is 0 Å². The van der Waals surface area contributed by atoms with Crippen molar-refractivity contribution < 1.29 is 13.2 Å². The fourth-order valence-corrected chi connectivity index (χ4v) is 0.760. The molecule has 1 aromatic rings. The molecule has 0 saturated heterocycles. The van der Waals surface area contributed by atoms with E-state index in [1.165, 1.54) is 12.1 Å². The molecule has 0 aliphatic heterocycles. The maximum atomic E-state index is 12.0. The smallest absolute Gasteiger partial charge is 0.249 e. The number of hydrogen-bond acceptors (Lipinski definition) is 1. The molecule has 1 aromatic carbocycles. The third-order valence-electron chi connectivity index (χ3n) is 1.46. The van der Waals surface area contributed by atoms with Crippen LogP contribution >= 0.6 is 0 Å². The van der Waals surface area contributed by atoms with Crippen molar-refractivity contribution in [2.24, 2.45) is 4.99 Å². The van der Waals surface area contributed by atoms with Crippen LogP contribution in [-0.4, -0.2) is 11.9 Å². The lowest BCUT2D eigenvalue weighted by Crippen LogP contribution is -2.18. The Kier molecular flexibility index (Phi) is 2.70. The molecule has 0 heterocycles. The number of para-hydroxylation sites is 1. The highest BCUT2D eigenvalue weighted by molar-refractivity contribution is 5.89. The Morgan fingerprint density at radius 3 is 2.15 bits per heavy atom. The van der Waals surface area contributed by atoms with Gasteiger partial charge in [0.15, 0.2) is 0 Å². The highest BCUT2D eigenvalue weighted by Crippen LogP contribution is 2.20. The second-order valence-corrected chi connectivity index (χ2v) is 2.53. The zero-order valence-corrected chi connectivity index (χ0v) is 6.97. The van der Waals surface area contributed by atoms with Crippen LogP contribution in [-0.2, 0) is 0 Å². The van der Waals surface area contributed by atoms with Gasteiger partial charge in [-0.1, -0.05) is 18.2 Å². The molecule has 0 N–H and O–H groups in total. The molecule has 0 fully saturated rings. The summed E-state index contributed by atoms with van der Waals surface area (Å²) in [6.45, 7) is 0.951. The van der Waals surface area contributed by atoms with Gasteiger partial charge in [-0.05, 0) is 19.1 Å². The van der Waals surface area contributed by atoms with E-state index in [4.69, 9.17) is 0 Å². The van der Waals surface area contributed by atoms with Crippen LogP contribution in [0.2, 0.25) is 0 Å². The van der Waals surface area contributed by atoms with E-state index in [-0.39, 0.29) is 0 Å². The van der Waals surface area contributed by atoms with Gasteiger partial charge in [0.05, 0.1) is 5.69 Å². The SMILES string of the molecule is CC(=Nc1ccccc1)C(F)(F)F. The van der Waals surface area contributed by atoms with Crippen LogP contribution in [0.3, 0.4) is 0 Å². The van der Waals surface area contributed by atoms with Crippen LogP contribution in [0.4, 0.5) is 18.9 Å². The summed E-state index contributed by atoms with van der Waals surface area (Å²) in [5, 5.41) is 0. The third-order valence-corrected chi connectivity index (χ3v) is 1.46. The van der Waals surface area contributed by atoms with Crippen molar-refractivity contribution in [3.8, 4) is 0 Å². The molecular weight excluding hydrogens is 179 g/mol. The fraction of sp³-hybridized carbons (Fsp3) is 0.222. The molecule has 0 amide bonds. The molecule has 0 bridgehead atoms. The highest BCUT2D eigenvalue weighted by atomic mass is 19.4. The molecular formula is C9H8F3N. The first-order valence-corrected chi connectivity index (χ1v) is 3.67. The molecule has 0 unspecified atom stereocenters. The van der Waals surface area contributed by atoms with Crippen LogP contribution in [0.1, 0.15) is 6.92 Å². The van der Waals surface area contributed by atoms with Crippen LogP contribution in [0.15, 0.2) is 35.3 Å². The topological polar surface area (TPSA) is 12.4 Å². The van der Waals surface area contributed by atoms with Crippen molar-refractivity contribution in [2.75, 3.05) is 0 Å². The number of rotatable bonds is 1. The van der Waals surface area contributed by atoms with Gasteiger partial charge >= 0.3 is 6.18 Å². The summed E-state index contributed by atoms with van der Waals surface area (Å²) in [5.74, 6) is 0. The van der Waals surface area contributed by atoms with Gasteiger partial charge < -0.3 is 0 Å². The van der Waals surface area contributed by atoms with E-state index < -0.39 is 11.9 Å². The zero-order chi connectivity index (χ0) is 9.90. The standard InChI is InChI=1S/C9H8F3N/c1-7(9(10,11)12)13-8-5-3-2-4-6-8/h2-6H,1H3. The maximum absolute atomic E-state index is 12.0. The number of alkyl halides is 3. The van der Waals surface area contributed by atoms with E-state index in [1.807, 2.05) is 0 Å². The van der Waals surface area contributed by atoms with Crippen molar-refractivity contribution >= 4 is 11.4 Å². The van der Waals surface area contributed by atoms with Crippen LogP contribution in [0, 0.1) is 0 Å². The monoisotopic (exact) mass is 187 g/mol. The van der Waals surface area contributed by atoms with E-state index in [1.54, 1.807) is 18.2 Å². The molecule has 0 saturated carbocycles. The van der Waals surface area contributed by atoms with Gasteiger partial charge in [0.2, 0.25) is 0 Å². The van der Waals surface area contributed by atoms with Gasteiger partial charge in [-0.15, -0.1) is 0 Å². The Hall–Kier alpha value is -1.32. The van der Waals surface area contributed by atoms with Gasteiger partial charge in [0.25, 0.3) is 0 Å². The van der Waals surface area contributed by atoms with Crippen LogP contribution < -0.4 is 0 Å². The first kappa shape index (κ1) is 9.77. The molecule has 1 rings (SSSR count). The molecule has 4 heteroatoms. The Bertz CT molecular complexity index is 300. The molecule has 0 aromatic heterocycles. The Balaban J connectivity index is 2.90. The molecule has 70 valence electrons. The predicted octanol–water partition coefficient (Wildman–Crippen LogP) is 3.34. The lowest BCUT2D eigenvalue weighted by molar-refractivity contribution is -0.0591. The van der Waals surface area contributed by atoms with Crippen molar-refractivity contribution in [2.45, 2.75) is 13.1 Å². The van der Waals surface area contributed by atoms with Gasteiger partial charge in [-0.2, -0.15) is 13.2 Å². The summed E-state index contributed by atoms with van der Waals surface area (Å²) < 4.78 is 36.0. The first-order chi connectivity index (χ1) is 6.00. The lowest BCUT2D eigenvalue weighted by Gasteiger charge is -2.04. The molecule has 0 atom stereocenters. The number of benzene rings is 1. The summed E-state index contributed by atoms with van der Waals surface area (Å²) in [6, 6.07) is 8.05. The molecule has 0 radical (unpaired) electrons. The molecule has 1 nitrogen and oxygen atoms in total. The van der Waals surface area contributed by atoms with Gasteiger partial charge in [-0.3, -0.25) is 0 Å². The lowest BCUT2D eigenvalue weighted by atomic mass is 10.3. The Morgan fingerprint density at radius 2 is 1.69 bits per heavy atom. The van der Waals surface area contributed by atoms with Gasteiger partial charge in [-0.25, -0.2) is 4.99 Å². The van der Waals surface area contributed by atoms with Crippen molar-refractivity contribution in [3.63, 3.8) is 0 Å². The van der Waals surface area contributed by atoms with Crippen LogP contribution in [0.5, 0.6) is 0 Å². The average Bonchev–Trinajstić information content (AvgIpc) is 2.04. The molecule has 0 spiro atoms. The van der Waals surface area contributed by atoms with Gasteiger partial charge in [0.1, 0.15) is 5.71 Å². The first-order valence-electron chi connectivity index (χ1n) is 3.67. The Morgan fingerprint density at radius 1 is 1.15 bits per heavy atom. The minimum atomic E-state index is -4.34. The minimum absolute atomic E-state index is 0.317. The maximum Gasteiger partial charge on any atom is 0.429 e. The largest absolute Gasteiger partial charge is 0.429 e. The number of hydrogen-bond donors (Lipinski definition) is 0. The average molecular weight is 187 g/mol. The number of nitrogens with zero attached hydrogens (tertiary/aromatic N) is 1. The third kappa shape index (κ3) is 2.89. The molecule has 0 aliphatic rings. The predicted molar refractivity (Wildman–Crippen MR) is 45.3 cm³/mol. The van der Waals surface area contributed by atoms with E-state index in [0.29, 0.717) is 5.69 Å². The second-order valence-electron chi connectivity index (χ2n) is 2.53. The molecule has 13 heavy (non-hydrogen) atoms. The molecule has 0 aliphatic carbocycles. The van der Waals surface area contributed by atoms with Crippen molar-refractivity contribution in [1.29, 1.82) is 0 Å². The van der Waals surface area contributed by atoms with Crippen LogP contribution in [0.25, 0.3) is 0 Å². The summed E-state index contributed by atoms with van der Waals surface area (Å²) in [7, 11) is 0. The van der Waals surface area contributed by atoms with E-state index in [9.17, 15) is 13.2 Å². The number of aliphatic imine (C=N–C) groups is 1. The van der Waals surface area contributed by atoms with E-state index in [0.717, 1.165) is 6.92 Å². The fourth-order valence-electron chi connectivity index (χ4n) is 0.760. The van der Waals surface area contributed by atoms with Crippen molar-refractivity contribution in [3.05, 3.63) is 30.3 Å². The summed E-state index contributed by atoms with van der Waals surface area (Å²) in [6.07, 6.45) is -4.34. The Labute approximate surface area is 73.9 Å². The second kappa shape index (κ2) is 3.60. The quantitative estimate of drug-likeness (QED) is 0.598. The van der Waals surface area contributed by atoms with E-state index in [2.05, 4.69) is 4.99 Å². The minimum Gasteiger partial charge on any atom is -0.249 e. The zero-order valence-electron chi connectivity index (χ0n) is 6.97. The highest BCUT2D eigenvalue weighted by Gasteiger charge is 2.31. The number of halogens is 3. The normalized spacial score (nSPS) is 13.1. The summed E-state index contributed by atoms with van der Waals surface area (Å²) >= 11 is 0. The summed E-state index contributed by atoms with van der Waals surface area (Å²) in [5.41, 5.74) is -0.518.